The molecule has 0 aliphatic heterocycles. The Hall–Kier alpha value is -2.06. The molecule has 4 nitrogen and oxygen atoms in total. The van der Waals surface area contributed by atoms with Gasteiger partial charge in [0.2, 0.25) is 0 Å². The summed E-state index contributed by atoms with van der Waals surface area (Å²) in [4.78, 5) is 7.44. The first-order valence-corrected chi connectivity index (χ1v) is 5.98. The van der Waals surface area contributed by atoms with Crippen LogP contribution >= 0.6 is 11.3 Å². The molecule has 2 aromatic heterocycles. The van der Waals surface area contributed by atoms with Gasteiger partial charge in [-0.25, -0.2) is 4.98 Å². The zero-order valence-electron chi connectivity index (χ0n) is 9.42. The summed E-state index contributed by atoms with van der Waals surface area (Å²) in [7, 11) is 1.93. The molecule has 0 aliphatic rings. The van der Waals surface area contributed by atoms with Gasteiger partial charge in [0.1, 0.15) is 6.07 Å². The van der Waals surface area contributed by atoms with E-state index in [0.29, 0.717) is 17.1 Å². The first-order chi connectivity index (χ1) is 8.20. The monoisotopic (exact) mass is 244 g/mol. The summed E-state index contributed by atoms with van der Waals surface area (Å²) in [5.74, 6) is 0.706. The lowest BCUT2D eigenvalue weighted by molar-refractivity contribution is 0.914. The molecule has 0 aliphatic carbocycles. The van der Waals surface area contributed by atoms with E-state index < -0.39 is 0 Å². The van der Waals surface area contributed by atoms with Gasteiger partial charge in [0.15, 0.2) is 5.82 Å². The van der Waals surface area contributed by atoms with Gasteiger partial charge in [0, 0.05) is 18.1 Å². The van der Waals surface area contributed by atoms with E-state index in [4.69, 9.17) is 11.0 Å². The van der Waals surface area contributed by atoms with E-state index in [1.165, 1.54) is 11.1 Å². The highest BCUT2D eigenvalue weighted by Gasteiger charge is 2.08. The number of anilines is 2. The van der Waals surface area contributed by atoms with Crippen molar-refractivity contribution in [2.45, 2.75) is 6.54 Å². The minimum Gasteiger partial charge on any atom is -0.396 e. The van der Waals surface area contributed by atoms with Gasteiger partial charge in [-0.3, -0.25) is 0 Å². The van der Waals surface area contributed by atoms with Crippen LogP contribution in [0, 0.1) is 11.3 Å². The molecular weight excluding hydrogens is 232 g/mol. The smallest absolute Gasteiger partial charge is 0.151 e. The maximum absolute atomic E-state index is 8.74. The quantitative estimate of drug-likeness (QED) is 0.899. The van der Waals surface area contributed by atoms with Gasteiger partial charge >= 0.3 is 0 Å². The zero-order chi connectivity index (χ0) is 12.3. The summed E-state index contributed by atoms with van der Waals surface area (Å²) in [6, 6.07) is 7.75. The molecule has 0 radical (unpaired) electrons. The number of nitrogens with zero attached hydrogens (tertiary/aromatic N) is 3. The Balaban J connectivity index is 2.20. The lowest BCUT2D eigenvalue weighted by Gasteiger charge is -2.18. The number of nitriles is 1. The van der Waals surface area contributed by atoms with E-state index in [2.05, 4.69) is 11.1 Å². The number of thiophene rings is 1. The van der Waals surface area contributed by atoms with Crippen molar-refractivity contribution in [3.05, 3.63) is 40.2 Å². The van der Waals surface area contributed by atoms with E-state index >= 15 is 0 Å². The molecule has 2 rings (SSSR count). The van der Waals surface area contributed by atoms with E-state index in [1.54, 1.807) is 17.4 Å². The van der Waals surface area contributed by atoms with Crippen LogP contribution in [0.4, 0.5) is 11.5 Å². The van der Waals surface area contributed by atoms with E-state index in [1.807, 2.05) is 29.5 Å². The topological polar surface area (TPSA) is 65.9 Å². The maximum Gasteiger partial charge on any atom is 0.151 e. The first-order valence-electron chi connectivity index (χ1n) is 5.10. The van der Waals surface area contributed by atoms with Crippen LogP contribution < -0.4 is 10.6 Å². The molecule has 0 bridgehead atoms. The Morgan fingerprint density at radius 2 is 2.41 bits per heavy atom. The number of hydrogen-bond acceptors (Lipinski definition) is 5. The van der Waals surface area contributed by atoms with Crippen LogP contribution in [0.5, 0.6) is 0 Å². The average molecular weight is 244 g/mol. The van der Waals surface area contributed by atoms with Crippen molar-refractivity contribution < 1.29 is 0 Å². The fraction of sp³-hybridized carbons (Fsp3) is 0.167. The molecule has 0 unspecified atom stereocenters. The minimum atomic E-state index is 0.482. The summed E-state index contributed by atoms with van der Waals surface area (Å²) < 4.78 is 0. The molecule has 5 heteroatoms. The van der Waals surface area contributed by atoms with Gasteiger partial charge in [0.05, 0.1) is 17.8 Å². The summed E-state index contributed by atoms with van der Waals surface area (Å²) in [5.41, 5.74) is 6.89. The lowest BCUT2D eigenvalue weighted by atomic mass is 10.2. The summed E-state index contributed by atoms with van der Waals surface area (Å²) in [6.45, 7) is 0.765. The van der Waals surface area contributed by atoms with Crippen LogP contribution in [-0.2, 0) is 6.54 Å². The van der Waals surface area contributed by atoms with E-state index in [0.717, 1.165) is 6.54 Å². The second-order valence-electron chi connectivity index (χ2n) is 3.68. The van der Waals surface area contributed by atoms with Gasteiger partial charge < -0.3 is 10.6 Å². The molecule has 0 saturated carbocycles. The van der Waals surface area contributed by atoms with Crippen molar-refractivity contribution in [3.63, 3.8) is 0 Å². The van der Waals surface area contributed by atoms with Crippen molar-refractivity contribution in [1.82, 2.24) is 4.98 Å². The highest BCUT2D eigenvalue weighted by molar-refractivity contribution is 7.09. The van der Waals surface area contributed by atoms with Crippen molar-refractivity contribution in [2.75, 3.05) is 17.7 Å². The van der Waals surface area contributed by atoms with Gasteiger partial charge in [-0.1, -0.05) is 6.07 Å². The lowest BCUT2D eigenvalue weighted by Crippen LogP contribution is -2.18. The second-order valence-corrected chi connectivity index (χ2v) is 4.72. The predicted octanol–water partition coefficient (Wildman–Crippen LogP) is 2.23. The molecule has 2 heterocycles. The Morgan fingerprint density at radius 3 is 3.00 bits per heavy atom. The van der Waals surface area contributed by atoms with E-state index in [-0.39, 0.29) is 0 Å². The standard InChI is InChI=1S/C12H12N4S/c1-16(8-10-3-2-4-17-10)12-11(14)5-9(6-13)7-15-12/h2-5,7H,8,14H2,1H3. The van der Waals surface area contributed by atoms with E-state index in [9.17, 15) is 0 Å². The Morgan fingerprint density at radius 1 is 1.59 bits per heavy atom. The third-order valence-corrected chi connectivity index (χ3v) is 3.22. The molecule has 0 spiro atoms. The fourth-order valence-electron chi connectivity index (χ4n) is 1.57. The van der Waals surface area contributed by atoms with Gasteiger partial charge in [-0.15, -0.1) is 11.3 Å². The Labute approximate surface area is 104 Å². The predicted molar refractivity (Wildman–Crippen MR) is 69.8 cm³/mol. The molecule has 0 atom stereocenters. The van der Waals surface area contributed by atoms with Crippen molar-refractivity contribution in [1.29, 1.82) is 5.26 Å². The second kappa shape index (κ2) is 4.85. The molecule has 2 aromatic rings. The highest BCUT2D eigenvalue weighted by atomic mass is 32.1. The fourth-order valence-corrected chi connectivity index (χ4v) is 2.32. The molecule has 2 N–H and O–H groups in total. The number of nitrogens with two attached hydrogens (primary N) is 1. The summed E-state index contributed by atoms with van der Waals surface area (Å²) >= 11 is 1.70. The van der Waals surface area contributed by atoms with Crippen molar-refractivity contribution >= 4 is 22.8 Å². The van der Waals surface area contributed by atoms with Crippen LogP contribution in [0.2, 0.25) is 0 Å². The highest BCUT2D eigenvalue weighted by Crippen LogP contribution is 2.22. The Kier molecular flexibility index (Phi) is 3.26. The van der Waals surface area contributed by atoms with Gasteiger partial charge in [-0.2, -0.15) is 5.26 Å². The van der Waals surface area contributed by atoms with Crippen LogP contribution in [0.15, 0.2) is 29.8 Å². The SMILES string of the molecule is CN(Cc1cccs1)c1ncc(C#N)cc1N. The van der Waals surface area contributed by atoms with Gasteiger partial charge in [-0.05, 0) is 17.5 Å². The Bertz CT molecular complexity index is 542. The molecule has 0 aromatic carbocycles. The molecule has 0 saturated heterocycles. The number of aromatic nitrogens is 1. The number of hydrogen-bond donors (Lipinski definition) is 1. The van der Waals surface area contributed by atoms with Gasteiger partial charge in [0.25, 0.3) is 0 Å². The minimum absolute atomic E-state index is 0.482. The number of rotatable bonds is 3. The molecule has 0 amide bonds. The zero-order valence-corrected chi connectivity index (χ0v) is 10.2. The van der Waals surface area contributed by atoms with Crippen LogP contribution in [0.1, 0.15) is 10.4 Å². The first kappa shape index (κ1) is 11.4. The van der Waals surface area contributed by atoms with Crippen LogP contribution in [0.25, 0.3) is 0 Å². The molecule has 86 valence electrons. The average Bonchev–Trinajstić information content (AvgIpc) is 2.81. The third kappa shape index (κ3) is 2.55. The molecule has 17 heavy (non-hydrogen) atoms. The van der Waals surface area contributed by atoms with Crippen LogP contribution in [-0.4, -0.2) is 12.0 Å². The van der Waals surface area contributed by atoms with Crippen LogP contribution in [0.3, 0.4) is 0 Å². The van der Waals surface area contributed by atoms with Crippen molar-refractivity contribution in [2.24, 2.45) is 0 Å². The van der Waals surface area contributed by atoms with Crippen molar-refractivity contribution in [3.8, 4) is 6.07 Å². The largest absolute Gasteiger partial charge is 0.396 e. The maximum atomic E-state index is 8.74. The summed E-state index contributed by atoms with van der Waals surface area (Å²) in [6.07, 6.45) is 1.54. The molecule has 0 fully saturated rings. The molecular formula is C12H12N4S. The third-order valence-electron chi connectivity index (χ3n) is 2.36. The summed E-state index contributed by atoms with van der Waals surface area (Å²) in [5, 5.41) is 10.8. The normalized spacial score (nSPS) is 9.88. The number of pyridine rings is 1. The number of nitrogen functional groups attached to an aromatic ring is 1.